The topological polar surface area (TPSA) is 171 Å². The van der Waals surface area contributed by atoms with Crippen molar-refractivity contribution in [1.82, 2.24) is 0 Å². The number of hydrogen-bond donors (Lipinski definition) is 5. The first kappa shape index (κ1) is 60.5. The lowest BCUT2D eigenvalue weighted by atomic mass is 9.43. The Labute approximate surface area is 495 Å². The van der Waals surface area contributed by atoms with Crippen molar-refractivity contribution in [2.75, 3.05) is 0 Å². The third-order valence-corrected chi connectivity index (χ3v) is 31.2. The molecule has 10 heteroatoms. The van der Waals surface area contributed by atoms with Crippen LogP contribution in [0.25, 0.3) is 0 Å². The molecule has 12 aliphatic carbocycles. The van der Waals surface area contributed by atoms with E-state index in [-0.39, 0.29) is 93.4 Å². The predicted molar refractivity (Wildman–Crippen MR) is 318 cm³/mol. The molecule has 8 unspecified atom stereocenters. The molecular formula is C72H116O10. The van der Waals surface area contributed by atoms with Crippen LogP contribution in [0.2, 0.25) is 0 Å². The number of hydrogen-bond acceptors (Lipinski definition) is 9. The van der Waals surface area contributed by atoms with Crippen molar-refractivity contribution in [2.45, 2.75) is 292 Å². The lowest BCUT2D eigenvalue weighted by Gasteiger charge is -2.63. The van der Waals surface area contributed by atoms with E-state index in [0.29, 0.717) is 120 Å². The summed E-state index contributed by atoms with van der Waals surface area (Å²) in [7, 11) is 0. The molecule has 82 heavy (non-hydrogen) atoms. The normalized spacial score (nSPS) is 53.0. The molecule has 10 nitrogen and oxygen atoms in total. The summed E-state index contributed by atoms with van der Waals surface area (Å²) in [6.07, 6.45) is 26.8. The average Bonchev–Trinajstić information content (AvgIpc) is 1.66. The summed E-state index contributed by atoms with van der Waals surface area (Å²) < 4.78 is 13.6. The van der Waals surface area contributed by atoms with Crippen molar-refractivity contribution in [2.24, 2.45) is 139 Å². The molecule has 12 fully saturated rings. The van der Waals surface area contributed by atoms with E-state index in [0.717, 1.165) is 135 Å². The number of carbonyl (C=O) groups excluding carboxylic acids is 2. The second-order valence-electron chi connectivity index (χ2n) is 34.2. The third kappa shape index (κ3) is 9.99. The van der Waals surface area contributed by atoms with Crippen LogP contribution < -0.4 is 0 Å². The molecule has 12 aliphatic rings. The molecule has 0 bridgehead atoms. The van der Waals surface area contributed by atoms with E-state index < -0.39 is 5.97 Å². The van der Waals surface area contributed by atoms with E-state index in [2.05, 4.69) is 62.3 Å². The molecule has 12 saturated carbocycles. The Hall–Kier alpha value is -1.75. The van der Waals surface area contributed by atoms with Gasteiger partial charge in [-0.1, -0.05) is 62.3 Å². The van der Waals surface area contributed by atoms with Crippen molar-refractivity contribution < 1.29 is 49.4 Å². The minimum absolute atomic E-state index is 0.0494. The Kier molecular flexibility index (Phi) is 16.5. The summed E-state index contributed by atoms with van der Waals surface area (Å²) >= 11 is 0. The van der Waals surface area contributed by atoms with Crippen molar-refractivity contribution in [3.05, 3.63) is 0 Å². The highest BCUT2D eigenvalue weighted by Crippen LogP contribution is 2.72. The number of rotatable bonds is 14. The third-order valence-electron chi connectivity index (χ3n) is 31.2. The monoisotopic (exact) mass is 1140 g/mol. The fraction of sp³-hybridized carbons (Fsp3) is 0.958. The van der Waals surface area contributed by atoms with Gasteiger partial charge >= 0.3 is 17.9 Å². The van der Waals surface area contributed by atoms with Crippen LogP contribution in [0, 0.1) is 139 Å². The summed E-state index contributed by atoms with van der Waals surface area (Å²) in [6.45, 7) is 22.2. The second kappa shape index (κ2) is 22.4. The van der Waals surface area contributed by atoms with Crippen molar-refractivity contribution in [1.29, 1.82) is 0 Å². The van der Waals surface area contributed by atoms with Crippen LogP contribution >= 0.6 is 0 Å². The summed E-state index contributed by atoms with van der Waals surface area (Å²) in [5.41, 5.74) is 0.891. The minimum Gasteiger partial charge on any atom is -0.481 e. The maximum Gasteiger partial charge on any atom is 0.306 e. The summed E-state index contributed by atoms with van der Waals surface area (Å²) in [4.78, 5) is 40.6. The highest BCUT2D eigenvalue weighted by atomic mass is 16.5. The van der Waals surface area contributed by atoms with Gasteiger partial charge in [-0.3, -0.25) is 14.4 Å². The first-order valence-corrected chi connectivity index (χ1v) is 35.1. The van der Waals surface area contributed by atoms with Crippen LogP contribution in [0.15, 0.2) is 0 Å². The van der Waals surface area contributed by atoms with Crippen LogP contribution in [0.1, 0.15) is 255 Å². The van der Waals surface area contributed by atoms with Gasteiger partial charge in [0.15, 0.2) is 0 Å². The number of carbonyl (C=O) groups is 3. The maximum absolute atomic E-state index is 14.7. The Morgan fingerprint density at radius 1 is 0.402 bits per heavy atom. The SMILES string of the molecule is C[C@H](CCC(=O)O)[C@H]1CC[C@H]2[C@@H]3[C@@H](OC(=O)CC[C@@H](C)[C@H]4CCC5C6C(CC[C@@]54C)[C@@]4(C)CC[C@H](O)CC4C[C@H]6O)C[C@@H]4C[C@H](OC(=O)CC[C@@H](C)[C@H]5CCC6C7C(CC[C@@]65C)[C@@]5(C)CC[C@@H](O)CC5C[C@H]7O)CC[C@]4(C)[C@H]3CC[C@]12C. The number of ether oxygens (including phenoxy) is 2. The van der Waals surface area contributed by atoms with E-state index in [1.54, 1.807) is 0 Å². The van der Waals surface area contributed by atoms with Crippen LogP contribution in [-0.2, 0) is 23.9 Å². The standard InChI is InChI=1S/C72H116O10/c1-40(10-19-61(77)78)49-15-18-54-66-57(27-33-72(49,54)9)69(6)30-24-48(81-62(79)20-11-41(2)50-13-16-52-64-55(25-31-70(50,52)7)67(4)28-22-46(73)34-43(67)37-58(64)75)36-45(69)39-60(66)82-63(80)21-12-42(3)51-14-17-53-65-56(26-32-71(51,53)8)68(5)29-23-47(74)35-44(68)38-59(65)76/h40-60,64-66,73-76H,10-39H2,1-9H3,(H,77,78)/t40-,41-,42-,43?,44?,45+,46-,47+,48-,49-,50-,51-,52?,53?,54+,55?,56?,57+,58-,59-,60+,64?,65?,66+,67+,68+,69+,70-,71-,72-/m1/s1. The fourth-order valence-electron chi connectivity index (χ4n) is 26.8. The van der Waals surface area contributed by atoms with Gasteiger partial charge in [-0.2, -0.15) is 0 Å². The number of carboxylic acid groups (broad SMARTS) is 1. The smallest absolute Gasteiger partial charge is 0.306 e. The van der Waals surface area contributed by atoms with Gasteiger partial charge in [0.25, 0.3) is 0 Å². The zero-order valence-corrected chi connectivity index (χ0v) is 52.8. The molecule has 464 valence electrons. The molecule has 0 aliphatic heterocycles. The van der Waals surface area contributed by atoms with Gasteiger partial charge in [-0.05, 0) is 306 Å². The lowest BCUT2D eigenvalue weighted by Crippen LogP contribution is -2.59. The highest BCUT2D eigenvalue weighted by molar-refractivity contribution is 5.70. The second-order valence-corrected chi connectivity index (χ2v) is 34.2. The molecular weight excluding hydrogens is 1020 g/mol. The van der Waals surface area contributed by atoms with E-state index in [4.69, 9.17) is 9.47 Å². The molecule has 5 N–H and O–H groups in total. The van der Waals surface area contributed by atoms with Crippen LogP contribution in [-0.4, -0.2) is 80.1 Å². The molecule has 0 aromatic heterocycles. The van der Waals surface area contributed by atoms with Gasteiger partial charge in [-0.15, -0.1) is 0 Å². The zero-order chi connectivity index (χ0) is 58.2. The Morgan fingerprint density at radius 3 is 1.20 bits per heavy atom. The number of carboxylic acids is 1. The summed E-state index contributed by atoms with van der Waals surface area (Å²) in [6, 6.07) is 0. The molecule has 0 saturated heterocycles. The van der Waals surface area contributed by atoms with Crippen molar-refractivity contribution >= 4 is 17.9 Å². The summed E-state index contributed by atoms with van der Waals surface area (Å²) in [5.74, 6) is 6.77. The lowest BCUT2D eigenvalue weighted by molar-refractivity contribution is -0.199. The Morgan fingerprint density at radius 2 is 0.756 bits per heavy atom. The van der Waals surface area contributed by atoms with Gasteiger partial charge in [0, 0.05) is 25.2 Å². The highest BCUT2D eigenvalue weighted by Gasteiger charge is 2.67. The predicted octanol–water partition coefficient (Wildman–Crippen LogP) is 14.4. The number of fused-ring (bicyclic) bond motifs is 15. The van der Waals surface area contributed by atoms with Crippen LogP contribution in [0.4, 0.5) is 0 Å². The molecule has 12 rings (SSSR count). The quantitative estimate of drug-likeness (QED) is 0.105. The summed E-state index contributed by atoms with van der Waals surface area (Å²) in [5, 5.41) is 54.7. The van der Waals surface area contributed by atoms with E-state index in [1.807, 2.05) is 0 Å². The molecule has 0 aromatic rings. The van der Waals surface area contributed by atoms with Crippen LogP contribution in [0.3, 0.4) is 0 Å². The molecule has 30 atom stereocenters. The molecule has 0 heterocycles. The molecule has 0 spiro atoms. The first-order valence-electron chi connectivity index (χ1n) is 35.1. The Balaban J connectivity index is 0.693. The number of aliphatic hydroxyl groups is 4. The van der Waals surface area contributed by atoms with E-state index >= 15 is 0 Å². The largest absolute Gasteiger partial charge is 0.481 e. The van der Waals surface area contributed by atoms with Gasteiger partial charge in [0.1, 0.15) is 12.2 Å². The van der Waals surface area contributed by atoms with Gasteiger partial charge in [0.05, 0.1) is 24.4 Å². The fourth-order valence-corrected chi connectivity index (χ4v) is 26.8. The zero-order valence-electron chi connectivity index (χ0n) is 52.8. The molecule has 0 amide bonds. The van der Waals surface area contributed by atoms with Crippen LogP contribution in [0.5, 0.6) is 0 Å². The minimum atomic E-state index is -0.713. The average molecular weight is 1140 g/mol. The van der Waals surface area contributed by atoms with Crippen molar-refractivity contribution in [3.8, 4) is 0 Å². The number of esters is 2. The number of aliphatic hydroxyl groups excluding tert-OH is 4. The van der Waals surface area contributed by atoms with Gasteiger partial charge in [-0.25, -0.2) is 0 Å². The Bertz CT molecular complexity index is 2340. The van der Waals surface area contributed by atoms with Gasteiger partial charge in [0.2, 0.25) is 0 Å². The maximum atomic E-state index is 14.7. The van der Waals surface area contributed by atoms with Gasteiger partial charge < -0.3 is 35.0 Å². The molecule has 0 aromatic carbocycles. The van der Waals surface area contributed by atoms with E-state index in [9.17, 15) is 39.9 Å². The van der Waals surface area contributed by atoms with E-state index in [1.165, 1.54) is 32.1 Å². The number of aliphatic carboxylic acids is 1. The molecule has 0 radical (unpaired) electrons. The van der Waals surface area contributed by atoms with Crippen molar-refractivity contribution in [3.63, 3.8) is 0 Å². The first-order chi connectivity index (χ1) is 38.8.